The van der Waals surface area contributed by atoms with Gasteiger partial charge >= 0.3 is 12.0 Å². The van der Waals surface area contributed by atoms with Gasteiger partial charge in [-0.3, -0.25) is 4.79 Å². The molecule has 2 unspecified atom stereocenters. The van der Waals surface area contributed by atoms with E-state index in [2.05, 4.69) is 10.6 Å². The standard InChI is InChI=1S/C14H27N3O4/c1-7-17(8-2)11(18)9(3)15-13(21)16-10(12(19)20)14(4,5)6/h9-10H,7-8H2,1-6H3,(H,19,20)(H2,15,16,21). The molecule has 0 heterocycles. The fraction of sp³-hybridized carbons (Fsp3) is 0.786. The Morgan fingerprint density at radius 3 is 1.90 bits per heavy atom. The van der Waals surface area contributed by atoms with Crippen LogP contribution in [0.15, 0.2) is 0 Å². The number of nitrogens with zero attached hydrogens (tertiary/aromatic N) is 1. The number of carboxylic acids is 1. The first-order valence-electron chi connectivity index (χ1n) is 7.13. The van der Waals surface area contributed by atoms with Gasteiger partial charge in [0.1, 0.15) is 12.1 Å². The first-order chi connectivity index (χ1) is 9.54. The molecule has 0 aliphatic heterocycles. The lowest BCUT2D eigenvalue weighted by Crippen LogP contribution is -2.56. The molecule has 0 saturated carbocycles. The molecule has 0 saturated heterocycles. The zero-order valence-electron chi connectivity index (χ0n) is 13.7. The van der Waals surface area contributed by atoms with Gasteiger partial charge in [0.15, 0.2) is 0 Å². The molecule has 0 radical (unpaired) electrons. The largest absolute Gasteiger partial charge is 0.480 e. The summed E-state index contributed by atoms with van der Waals surface area (Å²) in [6.07, 6.45) is 0. The van der Waals surface area contributed by atoms with Gasteiger partial charge in [-0.05, 0) is 26.2 Å². The number of carbonyl (C=O) groups excluding carboxylic acids is 2. The SMILES string of the molecule is CCN(CC)C(=O)C(C)NC(=O)NC(C(=O)O)C(C)(C)C. The zero-order valence-corrected chi connectivity index (χ0v) is 13.7. The number of aliphatic carboxylic acids is 1. The van der Waals surface area contributed by atoms with Crippen molar-refractivity contribution in [2.24, 2.45) is 5.41 Å². The van der Waals surface area contributed by atoms with Crippen molar-refractivity contribution in [2.75, 3.05) is 13.1 Å². The highest BCUT2D eigenvalue weighted by atomic mass is 16.4. The van der Waals surface area contributed by atoms with Crippen molar-refractivity contribution in [3.05, 3.63) is 0 Å². The second-order valence-corrected chi connectivity index (χ2v) is 5.99. The summed E-state index contributed by atoms with van der Waals surface area (Å²) in [6, 6.07) is -2.40. The lowest BCUT2D eigenvalue weighted by Gasteiger charge is -2.29. The zero-order chi connectivity index (χ0) is 16.8. The van der Waals surface area contributed by atoms with E-state index in [0.29, 0.717) is 13.1 Å². The quantitative estimate of drug-likeness (QED) is 0.682. The van der Waals surface area contributed by atoms with Gasteiger partial charge in [-0.1, -0.05) is 20.8 Å². The average Bonchev–Trinajstić information content (AvgIpc) is 2.35. The highest BCUT2D eigenvalue weighted by Gasteiger charge is 2.33. The maximum absolute atomic E-state index is 12.0. The Hall–Kier alpha value is -1.79. The number of hydrogen-bond acceptors (Lipinski definition) is 3. The predicted octanol–water partition coefficient (Wildman–Crippen LogP) is 1.04. The summed E-state index contributed by atoms with van der Waals surface area (Å²) >= 11 is 0. The van der Waals surface area contributed by atoms with Crippen molar-refractivity contribution in [1.82, 2.24) is 15.5 Å². The first kappa shape index (κ1) is 19.2. The molecule has 3 N–H and O–H groups in total. The lowest BCUT2D eigenvalue weighted by atomic mass is 9.87. The summed E-state index contributed by atoms with van der Waals surface area (Å²) in [6.45, 7) is 11.6. The Kier molecular flexibility index (Phi) is 7.18. The molecule has 7 nitrogen and oxygen atoms in total. The van der Waals surface area contributed by atoms with Crippen molar-refractivity contribution < 1.29 is 19.5 Å². The van der Waals surface area contributed by atoms with Crippen LogP contribution in [0, 0.1) is 5.41 Å². The van der Waals surface area contributed by atoms with Crippen LogP contribution in [-0.2, 0) is 9.59 Å². The number of carbonyl (C=O) groups is 3. The molecular formula is C14H27N3O4. The minimum atomic E-state index is -1.11. The number of hydrogen-bond donors (Lipinski definition) is 3. The van der Waals surface area contributed by atoms with E-state index in [-0.39, 0.29) is 5.91 Å². The van der Waals surface area contributed by atoms with Crippen molar-refractivity contribution in [3.8, 4) is 0 Å². The third kappa shape index (κ3) is 6.01. The number of nitrogens with one attached hydrogen (secondary N) is 2. The Labute approximate surface area is 126 Å². The van der Waals surface area contributed by atoms with Gasteiger partial charge in [0.2, 0.25) is 5.91 Å². The highest BCUT2D eigenvalue weighted by molar-refractivity contribution is 5.88. The Bertz CT molecular complexity index is 386. The van der Waals surface area contributed by atoms with Gasteiger partial charge in [0.25, 0.3) is 0 Å². The van der Waals surface area contributed by atoms with Crippen molar-refractivity contribution in [3.63, 3.8) is 0 Å². The molecule has 0 rings (SSSR count). The van der Waals surface area contributed by atoms with E-state index in [1.165, 1.54) is 0 Å². The van der Waals surface area contributed by atoms with Crippen LogP contribution in [0.5, 0.6) is 0 Å². The number of carboxylic acid groups (broad SMARTS) is 1. The second-order valence-electron chi connectivity index (χ2n) is 5.99. The molecule has 0 spiro atoms. The Balaban J connectivity index is 4.68. The van der Waals surface area contributed by atoms with Crippen LogP contribution >= 0.6 is 0 Å². The number of urea groups is 1. The first-order valence-corrected chi connectivity index (χ1v) is 7.13. The monoisotopic (exact) mass is 301 g/mol. The lowest BCUT2D eigenvalue weighted by molar-refractivity contribution is -0.141. The third-order valence-electron chi connectivity index (χ3n) is 3.18. The molecule has 3 amide bonds. The molecule has 122 valence electrons. The second kappa shape index (κ2) is 7.85. The van der Waals surface area contributed by atoms with Crippen LogP contribution in [0.3, 0.4) is 0 Å². The maximum Gasteiger partial charge on any atom is 0.326 e. The van der Waals surface area contributed by atoms with E-state index in [1.54, 1.807) is 32.6 Å². The normalized spacial score (nSPS) is 14.0. The number of likely N-dealkylation sites (N-methyl/N-ethyl adjacent to an activating group) is 1. The molecule has 21 heavy (non-hydrogen) atoms. The minimum absolute atomic E-state index is 0.196. The van der Waals surface area contributed by atoms with Crippen molar-refractivity contribution in [1.29, 1.82) is 0 Å². The molecule has 0 aromatic heterocycles. The van der Waals surface area contributed by atoms with Gasteiger partial charge in [0, 0.05) is 13.1 Å². The van der Waals surface area contributed by atoms with Crippen LogP contribution in [0.1, 0.15) is 41.5 Å². The molecule has 0 bridgehead atoms. The van der Waals surface area contributed by atoms with E-state index in [0.717, 1.165) is 0 Å². The summed E-state index contributed by atoms with van der Waals surface area (Å²) in [5.74, 6) is -1.31. The third-order valence-corrected chi connectivity index (χ3v) is 3.18. The molecular weight excluding hydrogens is 274 g/mol. The van der Waals surface area contributed by atoms with E-state index in [1.807, 2.05) is 13.8 Å². The highest BCUT2D eigenvalue weighted by Crippen LogP contribution is 2.19. The van der Waals surface area contributed by atoms with Crippen LogP contribution < -0.4 is 10.6 Å². The molecule has 0 aromatic carbocycles. The van der Waals surface area contributed by atoms with E-state index < -0.39 is 29.5 Å². The van der Waals surface area contributed by atoms with E-state index in [4.69, 9.17) is 5.11 Å². The molecule has 2 atom stereocenters. The summed E-state index contributed by atoms with van der Waals surface area (Å²) < 4.78 is 0. The summed E-state index contributed by atoms with van der Waals surface area (Å²) in [7, 11) is 0. The summed E-state index contributed by atoms with van der Waals surface area (Å²) in [4.78, 5) is 36.7. The predicted molar refractivity (Wildman–Crippen MR) is 79.9 cm³/mol. The maximum atomic E-state index is 12.0. The molecule has 0 fully saturated rings. The molecule has 7 heteroatoms. The topological polar surface area (TPSA) is 98.7 Å². The van der Waals surface area contributed by atoms with Gasteiger partial charge in [-0.25, -0.2) is 9.59 Å². The average molecular weight is 301 g/mol. The molecule has 0 aromatic rings. The Morgan fingerprint density at radius 2 is 1.57 bits per heavy atom. The van der Waals surface area contributed by atoms with Crippen LogP contribution in [-0.4, -0.2) is 53.1 Å². The van der Waals surface area contributed by atoms with Crippen LogP contribution in [0.4, 0.5) is 4.79 Å². The van der Waals surface area contributed by atoms with Crippen LogP contribution in [0.2, 0.25) is 0 Å². The summed E-state index contributed by atoms with van der Waals surface area (Å²) in [5.41, 5.74) is -0.630. The van der Waals surface area contributed by atoms with Crippen LogP contribution in [0.25, 0.3) is 0 Å². The fourth-order valence-electron chi connectivity index (χ4n) is 1.89. The van der Waals surface area contributed by atoms with E-state index >= 15 is 0 Å². The number of amides is 3. The smallest absolute Gasteiger partial charge is 0.326 e. The molecule has 0 aliphatic rings. The Morgan fingerprint density at radius 1 is 1.10 bits per heavy atom. The van der Waals surface area contributed by atoms with Gasteiger partial charge in [0.05, 0.1) is 0 Å². The van der Waals surface area contributed by atoms with Gasteiger partial charge in [-0.15, -0.1) is 0 Å². The molecule has 0 aliphatic carbocycles. The number of rotatable bonds is 6. The summed E-state index contributed by atoms with van der Waals surface area (Å²) in [5, 5.41) is 14.0. The van der Waals surface area contributed by atoms with Crippen molar-refractivity contribution >= 4 is 17.9 Å². The fourth-order valence-corrected chi connectivity index (χ4v) is 1.89. The van der Waals surface area contributed by atoms with Gasteiger partial charge < -0.3 is 20.6 Å². The van der Waals surface area contributed by atoms with Gasteiger partial charge in [-0.2, -0.15) is 0 Å². The van der Waals surface area contributed by atoms with Crippen molar-refractivity contribution in [2.45, 2.75) is 53.6 Å². The minimum Gasteiger partial charge on any atom is -0.480 e. The van der Waals surface area contributed by atoms with E-state index in [9.17, 15) is 14.4 Å².